The van der Waals surface area contributed by atoms with Crippen LogP contribution in [0.4, 0.5) is 0 Å². The molecule has 0 fully saturated rings. The van der Waals surface area contributed by atoms with E-state index in [0.717, 1.165) is 23.0 Å². The first-order valence-electron chi connectivity index (χ1n) is 10.6. The predicted octanol–water partition coefficient (Wildman–Crippen LogP) is 5.06. The molecule has 0 saturated carbocycles. The Morgan fingerprint density at radius 1 is 0.935 bits per heavy atom. The molecule has 0 bridgehead atoms. The number of guanidine groups is 1. The van der Waals surface area contributed by atoms with Gasteiger partial charge in [0.15, 0.2) is 17.5 Å². The van der Waals surface area contributed by atoms with Crippen molar-refractivity contribution < 1.29 is 14.2 Å². The Balaban J connectivity index is 0.00000480. The lowest BCUT2D eigenvalue weighted by Crippen LogP contribution is -2.38. The SMILES string of the molecule is CCOCc1ccccc1CNC(=NC)NC(C)c1ccc(OCC)c(OCC)c1.I. The fourth-order valence-corrected chi connectivity index (χ4v) is 3.08. The first kappa shape index (κ1) is 27.0. The van der Waals surface area contributed by atoms with E-state index in [1.165, 1.54) is 11.1 Å². The Bertz CT molecular complexity index is 814. The Hall–Kier alpha value is -2.00. The Morgan fingerprint density at radius 3 is 2.26 bits per heavy atom. The summed E-state index contributed by atoms with van der Waals surface area (Å²) in [7, 11) is 1.78. The highest BCUT2D eigenvalue weighted by Gasteiger charge is 2.13. The van der Waals surface area contributed by atoms with Gasteiger partial charge in [-0.15, -0.1) is 24.0 Å². The summed E-state index contributed by atoms with van der Waals surface area (Å²) >= 11 is 0. The van der Waals surface area contributed by atoms with E-state index in [1.807, 2.05) is 45.0 Å². The van der Waals surface area contributed by atoms with Gasteiger partial charge in [0.05, 0.1) is 25.9 Å². The van der Waals surface area contributed by atoms with E-state index >= 15 is 0 Å². The van der Waals surface area contributed by atoms with Crippen molar-refractivity contribution in [3.8, 4) is 11.5 Å². The van der Waals surface area contributed by atoms with Gasteiger partial charge >= 0.3 is 0 Å². The van der Waals surface area contributed by atoms with Gasteiger partial charge in [-0.2, -0.15) is 0 Å². The Labute approximate surface area is 203 Å². The smallest absolute Gasteiger partial charge is 0.191 e. The van der Waals surface area contributed by atoms with Gasteiger partial charge in [-0.3, -0.25) is 4.99 Å². The maximum Gasteiger partial charge on any atom is 0.191 e. The summed E-state index contributed by atoms with van der Waals surface area (Å²) in [6, 6.07) is 14.4. The van der Waals surface area contributed by atoms with E-state index in [9.17, 15) is 0 Å². The van der Waals surface area contributed by atoms with E-state index in [1.54, 1.807) is 7.05 Å². The second-order valence-electron chi connectivity index (χ2n) is 6.77. The van der Waals surface area contributed by atoms with Crippen LogP contribution in [0, 0.1) is 0 Å². The predicted molar refractivity (Wildman–Crippen MR) is 138 cm³/mol. The lowest BCUT2D eigenvalue weighted by Gasteiger charge is -2.20. The molecule has 0 aromatic heterocycles. The van der Waals surface area contributed by atoms with Crippen molar-refractivity contribution in [1.82, 2.24) is 10.6 Å². The molecule has 2 N–H and O–H groups in total. The molecule has 0 aliphatic carbocycles. The summed E-state index contributed by atoms with van der Waals surface area (Å²) in [4.78, 5) is 4.37. The molecule has 2 aromatic carbocycles. The fraction of sp³-hybridized carbons (Fsp3) is 0.458. The molecule has 0 aliphatic rings. The quantitative estimate of drug-likeness (QED) is 0.237. The maximum atomic E-state index is 5.75. The fourth-order valence-electron chi connectivity index (χ4n) is 3.08. The summed E-state index contributed by atoms with van der Waals surface area (Å²) in [5.74, 6) is 2.27. The van der Waals surface area contributed by atoms with Crippen molar-refractivity contribution in [1.29, 1.82) is 0 Å². The number of nitrogens with zero attached hydrogens (tertiary/aromatic N) is 1. The van der Waals surface area contributed by atoms with E-state index < -0.39 is 0 Å². The van der Waals surface area contributed by atoms with Crippen molar-refractivity contribution >= 4 is 29.9 Å². The minimum Gasteiger partial charge on any atom is -0.490 e. The first-order valence-corrected chi connectivity index (χ1v) is 10.6. The zero-order valence-corrected chi connectivity index (χ0v) is 21.6. The standard InChI is InChI=1S/C24H35N3O3.HI/c1-6-28-17-21-12-10-9-11-20(21)16-26-24(25-5)27-18(4)19-13-14-22(29-7-2)23(15-19)30-8-3;/h9-15,18H,6-8,16-17H2,1-5H3,(H2,25,26,27);1H. The van der Waals surface area contributed by atoms with Crippen LogP contribution >= 0.6 is 24.0 Å². The molecule has 0 radical (unpaired) electrons. The number of aliphatic imine (C=N–C) groups is 1. The summed E-state index contributed by atoms with van der Waals surface area (Å²) in [6.45, 7) is 11.2. The average molecular weight is 541 g/mol. The number of hydrogen-bond donors (Lipinski definition) is 2. The van der Waals surface area contributed by atoms with Gasteiger partial charge < -0.3 is 24.8 Å². The normalized spacial score (nSPS) is 12.0. The molecule has 0 amide bonds. The maximum absolute atomic E-state index is 5.75. The zero-order chi connectivity index (χ0) is 21.8. The highest BCUT2D eigenvalue weighted by atomic mass is 127. The van der Waals surface area contributed by atoms with Gasteiger partial charge in [-0.1, -0.05) is 30.3 Å². The number of benzene rings is 2. The van der Waals surface area contributed by atoms with Crippen LogP contribution in [0.2, 0.25) is 0 Å². The van der Waals surface area contributed by atoms with Crippen LogP contribution < -0.4 is 20.1 Å². The van der Waals surface area contributed by atoms with Crippen molar-refractivity contribution in [2.75, 3.05) is 26.9 Å². The third-order valence-electron chi connectivity index (χ3n) is 4.67. The van der Waals surface area contributed by atoms with Crippen LogP contribution in [0.25, 0.3) is 0 Å². The van der Waals surface area contributed by atoms with E-state index in [0.29, 0.717) is 33.0 Å². The van der Waals surface area contributed by atoms with Crippen LogP contribution in [0.3, 0.4) is 0 Å². The summed E-state index contributed by atoms with van der Waals surface area (Å²) in [5.41, 5.74) is 3.48. The molecule has 0 spiro atoms. The number of hydrogen-bond acceptors (Lipinski definition) is 4. The molecular weight excluding hydrogens is 505 g/mol. The van der Waals surface area contributed by atoms with Gasteiger partial charge in [-0.05, 0) is 56.5 Å². The molecule has 2 aromatic rings. The van der Waals surface area contributed by atoms with Gasteiger partial charge in [0.25, 0.3) is 0 Å². The monoisotopic (exact) mass is 541 g/mol. The number of halogens is 1. The lowest BCUT2D eigenvalue weighted by atomic mass is 10.1. The van der Waals surface area contributed by atoms with Crippen LogP contribution in [0.5, 0.6) is 11.5 Å². The molecule has 2 rings (SSSR count). The van der Waals surface area contributed by atoms with Crippen molar-refractivity contribution in [2.45, 2.75) is 46.9 Å². The molecule has 7 heteroatoms. The van der Waals surface area contributed by atoms with Crippen LogP contribution in [-0.4, -0.2) is 32.8 Å². The van der Waals surface area contributed by atoms with Gasteiger partial charge in [0.2, 0.25) is 0 Å². The highest BCUT2D eigenvalue weighted by Crippen LogP contribution is 2.30. The zero-order valence-electron chi connectivity index (χ0n) is 19.2. The Kier molecular flexibility index (Phi) is 13.0. The molecule has 0 saturated heterocycles. The molecule has 6 nitrogen and oxygen atoms in total. The van der Waals surface area contributed by atoms with Gasteiger partial charge in [0, 0.05) is 20.2 Å². The molecular formula is C24H36IN3O3. The highest BCUT2D eigenvalue weighted by molar-refractivity contribution is 14.0. The number of ether oxygens (including phenoxy) is 3. The lowest BCUT2D eigenvalue weighted by molar-refractivity contribution is 0.133. The topological polar surface area (TPSA) is 64.1 Å². The molecule has 1 unspecified atom stereocenters. The first-order chi connectivity index (χ1) is 14.6. The third kappa shape index (κ3) is 8.57. The Morgan fingerprint density at radius 2 is 1.61 bits per heavy atom. The van der Waals surface area contributed by atoms with Crippen molar-refractivity contribution in [3.63, 3.8) is 0 Å². The van der Waals surface area contributed by atoms with Gasteiger partial charge in [-0.25, -0.2) is 0 Å². The van der Waals surface area contributed by atoms with E-state index in [-0.39, 0.29) is 30.0 Å². The second-order valence-corrected chi connectivity index (χ2v) is 6.77. The van der Waals surface area contributed by atoms with Crippen LogP contribution in [0.15, 0.2) is 47.5 Å². The second kappa shape index (κ2) is 14.9. The average Bonchev–Trinajstić information content (AvgIpc) is 2.77. The number of rotatable bonds is 11. The summed E-state index contributed by atoms with van der Waals surface area (Å²) in [6.07, 6.45) is 0. The minimum atomic E-state index is 0. The van der Waals surface area contributed by atoms with Gasteiger partial charge in [0.1, 0.15) is 0 Å². The largest absolute Gasteiger partial charge is 0.490 e. The van der Waals surface area contributed by atoms with E-state index in [2.05, 4.69) is 40.7 Å². The minimum absolute atomic E-state index is 0. The van der Waals surface area contributed by atoms with Crippen molar-refractivity contribution in [2.24, 2.45) is 4.99 Å². The van der Waals surface area contributed by atoms with Crippen molar-refractivity contribution in [3.05, 3.63) is 59.2 Å². The third-order valence-corrected chi connectivity index (χ3v) is 4.67. The summed E-state index contributed by atoms with van der Waals surface area (Å²) in [5, 5.41) is 6.85. The summed E-state index contributed by atoms with van der Waals surface area (Å²) < 4.78 is 17.0. The van der Waals surface area contributed by atoms with E-state index in [4.69, 9.17) is 14.2 Å². The molecule has 0 aliphatic heterocycles. The van der Waals surface area contributed by atoms with Crippen LogP contribution in [0.1, 0.15) is 50.4 Å². The molecule has 31 heavy (non-hydrogen) atoms. The number of nitrogens with one attached hydrogen (secondary N) is 2. The molecule has 1 atom stereocenters. The molecule has 0 heterocycles. The molecule has 172 valence electrons. The van der Waals surface area contributed by atoms with Crippen LogP contribution in [-0.2, 0) is 17.9 Å².